The Morgan fingerprint density at radius 3 is 2.19 bits per heavy atom. The summed E-state index contributed by atoms with van der Waals surface area (Å²) in [5.41, 5.74) is 0. The molecule has 0 saturated carbocycles. The maximum absolute atomic E-state index is 10.7. The fourth-order valence-corrected chi connectivity index (χ4v) is 0.952. The third-order valence-corrected chi connectivity index (χ3v) is 1.84. The molecule has 16 heavy (non-hydrogen) atoms. The van der Waals surface area contributed by atoms with Crippen LogP contribution in [0.5, 0.6) is 0 Å². The van der Waals surface area contributed by atoms with E-state index in [1.165, 1.54) is 0 Å². The number of carbonyl (C=O) groups is 1. The molecule has 0 radical (unpaired) electrons. The first kappa shape index (κ1) is 17.8. The lowest BCUT2D eigenvalue weighted by Crippen LogP contribution is -2.15. The SMILES string of the molecule is CCCCCC(=O)OCC.CN(C)CCO. The van der Waals surface area contributed by atoms with Gasteiger partial charge in [0.05, 0.1) is 13.2 Å². The minimum atomic E-state index is -0.0593. The van der Waals surface area contributed by atoms with Crippen LogP contribution in [-0.2, 0) is 9.53 Å². The van der Waals surface area contributed by atoms with E-state index < -0.39 is 0 Å². The van der Waals surface area contributed by atoms with Gasteiger partial charge in [-0.2, -0.15) is 0 Å². The smallest absolute Gasteiger partial charge is 0.305 e. The molecule has 0 aliphatic heterocycles. The van der Waals surface area contributed by atoms with Gasteiger partial charge < -0.3 is 14.7 Å². The van der Waals surface area contributed by atoms with Crippen LogP contribution in [0.1, 0.15) is 39.5 Å². The van der Waals surface area contributed by atoms with Crippen LogP contribution in [0, 0.1) is 0 Å². The van der Waals surface area contributed by atoms with Crippen LogP contribution in [0.4, 0.5) is 0 Å². The molecule has 0 spiro atoms. The van der Waals surface area contributed by atoms with Gasteiger partial charge in [0.15, 0.2) is 0 Å². The van der Waals surface area contributed by atoms with Gasteiger partial charge in [-0.1, -0.05) is 19.8 Å². The summed E-state index contributed by atoms with van der Waals surface area (Å²) in [5.74, 6) is -0.0593. The summed E-state index contributed by atoms with van der Waals surface area (Å²) in [6.07, 6.45) is 3.83. The fourth-order valence-electron chi connectivity index (χ4n) is 0.952. The average molecular weight is 233 g/mol. The largest absolute Gasteiger partial charge is 0.466 e. The first-order valence-electron chi connectivity index (χ1n) is 5.99. The van der Waals surface area contributed by atoms with Gasteiger partial charge >= 0.3 is 5.97 Å². The molecule has 4 heteroatoms. The first-order valence-corrected chi connectivity index (χ1v) is 5.99. The molecular formula is C12H27NO3. The van der Waals surface area contributed by atoms with Gasteiger partial charge in [0.25, 0.3) is 0 Å². The van der Waals surface area contributed by atoms with E-state index in [-0.39, 0.29) is 12.6 Å². The van der Waals surface area contributed by atoms with Crippen molar-refractivity contribution in [3.8, 4) is 0 Å². The number of hydrogen-bond acceptors (Lipinski definition) is 4. The Morgan fingerprint density at radius 1 is 1.25 bits per heavy atom. The third-order valence-electron chi connectivity index (χ3n) is 1.84. The number of aliphatic hydroxyl groups is 1. The highest BCUT2D eigenvalue weighted by atomic mass is 16.5. The number of ether oxygens (including phenoxy) is 1. The van der Waals surface area contributed by atoms with Gasteiger partial charge in [-0.15, -0.1) is 0 Å². The van der Waals surface area contributed by atoms with Gasteiger partial charge in [0.1, 0.15) is 0 Å². The lowest BCUT2D eigenvalue weighted by molar-refractivity contribution is -0.143. The second-order valence-electron chi connectivity index (χ2n) is 3.79. The van der Waals surface area contributed by atoms with Crippen LogP contribution in [0.25, 0.3) is 0 Å². The molecule has 0 saturated heterocycles. The molecule has 0 aromatic heterocycles. The van der Waals surface area contributed by atoms with Gasteiger partial charge in [-0.05, 0) is 27.4 Å². The van der Waals surface area contributed by atoms with Crippen molar-refractivity contribution in [2.45, 2.75) is 39.5 Å². The molecule has 4 nitrogen and oxygen atoms in total. The first-order chi connectivity index (χ1) is 7.58. The maximum Gasteiger partial charge on any atom is 0.305 e. The number of carbonyl (C=O) groups excluding carboxylic acids is 1. The fraction of sp³-hybridized carbons (Fsp3) is 0.917. The summed E-state index contributed by atoms with van der Waals surface area (Å²) in [5, 5.41) is 8.20. The van der Waals surface area contributed by atoms with Crippen LogP contribution in [0.3, 0.4) is 0 Å². The van der Waals surface area contributed by atoms with Crippen molar-refractivity contribution in [3.05, 3.63) is 0 Å². The molecule has 0 aliphatic rings. The lowest BCUT2D eigenvalue weighted by atomic mass is 10.2. The van der Waals surface area contributed by atoms with Crippen molar-refractivity contribution < 1.29 is 14.6 Å². The Labute approximate surface area is 99.6 Å². The van der Waals surface area contributed by atoms with Crippen molar-refractivity contribution in [1.29, 1.82) is 0 Å². The number of rotatable bonds is 7. The normalized spacial score (nSPS) is 9.62. The molecule has 0 bridgehead atoms. The number of hydrogen-bond donors (Lipinski definition) is 1. The third kappa shape index (κ3) is 19.0. The highest BCUT2D eigenvalue weighted by molar-refractivity contribution is 5.69. The summed E-state index contributed by atoms with van der Waals surface area (Å²) in [7, 11) is 3.85. The van der Waals surface area contributed by atoms with E-state index in [2.05, 4.69) is 6.92 Å². The van der Waals surface area contributed by atoms with Gasteiger partial charge in [-0.25, -0.2) is 0 Å². The van der Waals surface area contributed by atoms with E-state index in [0.29, 0.717) is 13.0 Å². The zero-order valence-corrected chi connectivity index (χ0v) is 11.2. The van der Waals surface area contributed by atoms with E-state index in [1.54, 1.807) is 0 Å². The zero-order chi connectivity index (χ0) is 12.8. The van der Waals surface area contributed by atoms with Crippen molar-refractivity contribution in [1.82, 2.24) is 4.90 Å². The highest BCUT2D eigenvalue weighted by Crippen LogP contribution is 1.99. The Hall–Kier alpha value is -0.610. The second kappa shape index (κ2) is 14.4. The molecule has 0 amide bonds. The predicted octanol–water partition coefficient (Wildman–Crippen LogP) is 1.67. The van der Waals surface area contributed by atoms with Crippen LogP contribution in [0.15, 0.2) is 0 Å². The molecule has 0 atom stereocenters. The highest BCUT2D eigenvalue weighted by Gasteiger charge is 1.98. The summed E-state index contributed by atoms with van der Waals surface area (Å²) < 4.78 is 4.75. The van der Waals surface area contributed by atoms with Crippen molar-refractivity contribution in [2.24, 2.45) is 0 Å². The summed E-state index contributed by atoms with van der Waals surface area (Å²) in [6.45, 7) is 5.47. The number of esters is 1. The van der Waals surface area contributed by atoms with E-state index >= 15 is 0 Å². The van der Waals surface area contributed by atoms with Crippen LogP contribution >= 0.6 is 0 Å². The maximum atomic E-state index is 10.7. The van der Waals surface area contributed by atoms with Crippen LogP contribution in [-0.4, -0.2) is 49.8 Å². The second-order valence-corrected chi connectivity index (χ2v) is 3.79. The molecule has 1 N–H and O–H groups in total. The average Bonchev–Trinajstić information content (AvgIpc) is 2.19. The van der Waals surface area contributed by atoms with Gasteiger partial charge in [0, 0.05) is 13.0 Å². The van der Waals surface area contributed by atoms with Crippen molar-refractivity contribution >= 4 is 5.97 Å². The number of likely N-dealkylation sites (N-methyl/N-ethyl adjacent to an activating group) is 1. The number of nitrogens with zero attached hydrogens (tertiary/aromatic N) is 1. The van der Waals surface area contributed by atoms with E-state index in [1.807, 2.05) is 25.9 Å². The molecule has 0 aromatic rings. The molecular weight excluding hydrogens is 206 g/mol. The molecule has 0 unspecified atom stereocenters. The van der Waals surface area contributed by atoms with Crippen LogP contribution in [0.2, 0.25) is 0 Å². The standard InChI is InChI=1S/C8H16O2.C4H11NO/c1-3-5-6-7-8(9)10-4-2;1-5(2)3-4-6/h3-7H2,1-2H3;6H,3-4H2,1-2H3. The van der Waals surface area contributed by atoms with E-state index in [9.17, 15) is 4.79 Å². The topological polar surface area (TPSA) is 49.8 Å². The summed E-state index contributed by atoms with van der Waals surface area (Å²) >= 11 is 0. The van der Waals surface area contributed by atoms with E-state index in [4.69, 9.17) is 9.84 Å². The predicted molar refractivity (Wildman–Crippen MR) is 66.4 cm³/mol. The molecule has 0 fully saturated rings. The Bertz CT molecular complexity index is 149. The Morgan fingerprint density at radius 2 is 1.88 bits per heavy atom. The molecule has 0 heterocycles. The van der Waals surface area contributed by atoms with E-state index in [0.717, 1.165) is 25.8 Å². The quantitative estimate of drug-likeness (QED) is 0.537. The molecule has 0 aromatic carbocycles. The number of unbranched alkanes of at least 4 members (excludes halogenated alkanes) is 2. The molecule has 0 rings (SSSR count). The molecule has 0 aliphatic carbocycles. The summed E-state index contributed by atoms with van der Waals surface area (Å²) in [4.78, 5) is 12.6. The summed E-state index contributed by atoms with van der Waals surface area (Å²) in [6, 6.07) is 0. The van der Waals surface area contributed by atoms with Gasteiger partial charge in [-0.3, -0.25) is 4.79 Å². The minimum absolute atomic E-state index is 0.0593. The Kier molecular flexibility index (Phi) is 16.0. The van der Waals surface area contributed by atoms with Gasteiger partial charge in [0.2, 0.25) is 0 Å². The van der Waals surface area contributed by atoms with Crippen molar-refractivity contribution in [2.75, 3.05) is 33.9 Å². The zero-order valence-electron chi connectivity index (χ0n) is 11.2. The van der Waals surface area contributed by atoms with Crippen LogP contribution < -0.4 is 0 Å². The Balaban J connectivity index is 0. The number of aliphatic hydroxyl groups excluding tert-OH is 1. The minimum Gasteiger partial charge on any atom is -0.466 e. The lowest BCUT2D eigenvalue weighted by Gasteiger charge is -2.03. The molecule has 98 valence electrons. The monoisotopic (exact) mass is 233 g/mol. The van der Waals surface area contributed by atoms with Crippen molar-refractivity contribution in [3.63, 3.8) is 0 Å².